The molecule has 1 atom stereocenters. The summed E-state index contributed by atoms with van der Waals surface area (Å²) in [6, 6.07) is 1.93. The number of rotatable bonds is 6. The van der Waals surface area contributed by atoms with E-state index in [2.05, 4.69) is 5.32 Å². The molecule has 1 aromatic heterocycles. The van der Waals surface area contributed by atoms with Gasteiger partial charge in [0, 0.05) is 5.75 Å². The van der Waals surface area contributed by atoms with Crippen LogP contribution in [0.2, 0.25) is 0 Å². The summed E-state index contributed by atoms with van der Waals surface area (Å²) in [7, 11) is 0. The Hall–Kier alpha value is -1.80. The Balaban J connectivity index is 2.26. The van der Waals surface area contributed by atoms with Gasteiger partial charge >= 0.3 is 5.97 Å². The van der Waals surface area contributed by atoms with Crippen molar-refractivity contribution in [3.63, 3.8) is 0 Å². The zero-order valence-corrected chi connectivity index (χ0v) is 10.1. The first-order chi connectivity index (χ1) is 8.50. The molecule has 0 aliphatic heterocycles. The number of furan rings is 1. The molecule has 1 heterocycles. The molecule has 8 heteroatoms. The van der Waals surface area contributed by atoms with Crippen LogP contribution in [-0.2, 0) is 9.59 Å². The molecule has 0 aliphatic carbocycles. The molecule has 0 radical (unpaired) electrons. The van der Waals surface area contributed by atoms with Gasteiger partial charge in [0.15, 0.2) is 5.76 Å². The van der Waals surface area contributed by atoms with E-state index in [1.54, 1.807) is 0 Å². The minimum Gasteiger partial charge on any atom is -0.480 e. The Bertz CT molecular complexity index is 431. The predicted molar refractivity (Wildman–Crippen MR) is 64.1 cm³/mol. The van der Waals surface area contributed by atoms with Gasteiger partial charge in [-0.05, 0) is 12.1 Å². The van der Waals surface area contributed by atoms with Gasteiger partial charge in [0.1, 0.15) is 6.04 Å². The van der Waals surface area contributed by atoms with Crippen molar-refractivity contribution in [2.24, 2.45) is 5.73 Å². The summed E-state index contributed by atoms with van der Waals surface area (Å²) in [5, 5.41) is 10.6. The average molecular weight is 272 g/mol. The zero-order chi connectivity index (χ0) is 13.5. The van der Waals surface area contributed by atoms with Crippen LogP contribution in [0.25, 0.3) is 0 Å². The number of nitrogens with two attached hydrogens (primary N) is 1. The Morgan fingerprint density at radius 3 is 2.78 bits per heavy atom. The number of imide groups is 1. The number of carbonyl (C=O) groups is 3. The molecule has 2 amide bonds. The fourth-order valence-corrected chi connectivity index (χ4v) is 1.75. The second-order valence-electron chi connectivity index (χ2n) is 3.31. The lowest BCUT2D eigenvalue weighted by Gasteiger charge is -2.05. The quantitative estimate of drug-likeness (QED) is 0.648. The SMILES string of the molecule is N[C@@H](CSCC(=O)NC(=O)c1ccco1)C(=O)O. The second-order valence-corrected chi connectivity index (χ2v) is 4.34. The summed E-state index contributed by atoms with van der Waals surface area (Å²) in [5.74, 6) is -2.21. The molecular formula is C10H12N2O5S. The first-order valence-corrected chi connectivity index (χ1v) is 6.10. The lowest BCUT2D eigenvalue weighted by atomic mass is 10.4. The van der Waals surface area contributed by atoms with Crippen molar-refractivity contribution in [2.45, 2.75) is 6.04 Å². The van der Waals surface area contributed by atoms with E-state index in [9.17, 15) is 14.4 Å². The molecule has 0 spiro atoms. The van der Waals surface area contributed by atoms with Gasteiger partial charge in [0.05, 0.1) is 12.0 Å². The molecule has 0 unspecified atom stereocenters. The summed E-state index contributed by atoms with van der Waals surface area (Å²) >= 11 is 1.04. The molecule has 98 valence electrons. The van der Waals surface area contributed by atoms with Crippen molar-refractivity contribution in [3.05, 3.63) is 24.2 Å². The highest BCUT2D eigenvalue weighted by Crippen LogP contribution is 2.03. The third-order valence-corrected chi connectivity index (χ3v) is 2.91. The van der Waals surface area contributed by atoms with Gasteiger partial charge in [-0.25, -0.2) is 0 Å². The summed E-state index contributed by atoms with van der Waals surface area (Å²) < 4.78 is 4.80. The highest BCUT2D eigenvalue weighted by molar-refractivity contribution is 8.00. The zero-order valence-electron chi connectivity index (χ0n) is 9.29. The Labute approximate surface area is 107 Å². The van der Waals surface area contributed by atoms with E-state index in [-0.39, 0.29) is 17.3 Å². The van der Waals surface area contributed by atoms with E-state index >= 15 is 0 Å². The number of thioether (sulfide) groups is 1. The first kappa shape index (κ1) is 14.3. The van der Waals surface area contributed by atoms with Gasteiger partial charge in [-0.3, -0.25) is 19.7 Å². The number of amides is 2. The fraction of sp³-hybridized carbons (Fsp3) is 0.300. The normalized spacial score (nSPS) is 11.8. The molecular weight excluding hydrogens is 260 g/mol. The molecule has 0 saturated carbocycles. The van der Waals surface area contributed by atoms with Crippen LogP contribution in [-0.4, -0.2) is 40.4 Å². The van der Waals surface area contributed by atoms with E-state index < -0.39 is 23.8 Å². The highest BCUT2D eigenvalue weighted by Gasteiger charge is 2.15. The van der Waals surface area contributed by atoms with Gasteiger partial charge in [-0.15, -0.1) is 11.8 Å². The number of aliphatic carboxylic acids is 1. The lowest BCUT2D eigenvalue weighted by molar-refractivity contribution is -0.138. The standard InChI is InChI=1S/C10H12N2O5S/c11-6(10(15)16)4-18-5-8(13)12-9(14)7-2-1-3-17-7/h1-3,6H,4-5,11H2,(H,15,16)(H,12,13,14)/t6-/m0/s1. The number of carboxylic acid groups (broad SMARTS) is 1. The molecule has 0 fully saturated rings. The second kappa shape index (κ2) is 6.82. The molecule has 0 aromatic carbocycles. The van der Waals surface area contributed by atoms with Crippen LogP contribution >= 0.6 is 11.8 Å². The number of hydrogen-bond acceptors (Lipinski definition) is 6. The van der Waals surface area contributed by atoms with E-state index in [1.165, 1.54) is 18.4 Å². The predicted octanol–water partition coefficient (Wildman–Crippen LogP) is -0.319. The molecule has 0 saturated heterocycles. The minimum absolute atomic E-state index is 0.0376. The van der Waals surface area contributed by atoms with Gasteiger partial charge in [-0.1, -0.05) is 0 Å². The average Bonchev–Trinajstić information content (AvgIpc) is 2.81. The van der Waals surface area contributed by atoms with Crippen molar-refractivity contribution in [1.29, 1.82) is 0 Å². The van der Waals surface area contributed by atoms with E-state index in [1.807, 2.05) is 0 Å². The van der Waals surface area contributed by atoms with Crippen LogP contribution in [0.3, 0.4) is 0 Å². The van der Waals surface area contributed by atoms with Crippen LogP contribution in [0.15, 0.2) is 22.8 Å². The maximum Gasteiger partial charge on any atom is 0.321 e. The number of carboxylic acids is 1. The Morgan fingerprint density at radius 2 is 2.22 bits per heavy atom. The fourth-order valence-electron chi connectivity index (χ4n) is 0.982. The largest absolute Gasteiger partial charge is 0.480 e. The maximum absolute atomic E-state index is 11.4. The summed E-state index contributed by atoms with van der Waals surface area (Å²) in [5.41, 5.74) is 5.25. The number of nitrogens with one attached hydrogen (secondary N) is 1. The molecule has 7 nitrogen and oxygen atoms in total. The van der Waals surface area contributed by atoms with E-state index in [4.69, 9.17) is 15.3 Å². The first-order valence-electron chi connectivity index (χ1n) is 4.94. The van der Waals surface area contributed by atoms with Crippen molar-refractivity contribution in [2.75, 3.05) is 11.5 Å². The monoisotopic (exact) mass is 272 g/mol. The van der Waals surface area contributed by atoms with Gasteiger partial charge in [0.25, 0.3) is 5.91 Å². The minimum atomic E-state index is -1.13. The van der Waals surface area contributed by atoms with Crippen molar-refractivity contribution < 1.29 is 23.9 Å². The van der Waals surface area contributed by atoms with Crippen molar-refractivity contribution in [1.82, 2.24) is 5.32 Å². The Morgan fingerprint density at radius 1 is 1.50 bits per heavy atom. The Kier molecular flexibility index (Phi) is 5.40. The van der Waals surface area contributed by atoms with Gasteiger partial charge in [-0.2, -0.15) is 0 Å². The molecule has 4 N–H and O–H groups in total. The van der Waals surface area contributed by atoms with Crippen LogP contribution in [0.1, 0.15) is 10.6 Å². The highest BCUT2D eigenvalue weighted by atomic mass is 32.2. The number of hydrogen-bond donors (Lipinski definition) is 3. The van der Waals surface area contributed by atoms with Crippen LogP contribution in [0.4, 0.5) is 0 Å². The topological polar surface area (TPSA) is 123 Å². The van der Waals surface area contributed by atoms with E-state index in [0.29, 0.717) is 0 Å². The van der Waals surface area contributed by atoms with Crippen molar-refractivity contribution in [3.8, 4) is 0 Å². The molecule has 0 aliphatic rings. The molecule has 18 heavy (non-hydrogen) atoms. The lowest BCUT2D eigenvalue weighted by Crippen LogP contribution is -2.35. The van der Waals surface area contributed by atoms with E-state index in [0.717, 1.165) is 11.8 Å². The van der Waals surface area contributed by atoms with Crippen LogP contribution < -0.4 is 11.1 Å². The summed E-state index contributed by atoms with van der Waals surface area (Å²) in [6.45, 7) is 0. The van der Waals surface area contributed by atoms with Crippen LogP contribution in [0.5, 0.6) is 0 Å². The van der Waals surface area contributed by atoms with Gasteiger partial charge in [0.2, 0.25) is 5.91 Å². The van der Waals surface area contributed by atoms with Gasteiger partial charge < -0.3 is 15.3 Å². The third kappa shape index (κ3) is 4.60. The smallest absolute Gasteiger partial charge is 0.321 e. The molecule has 1 aromatic rings. The maximum atomic E-state index is 11.4. The third-order valence-electron chi connectivity index (χ3n) is 1.85. The van der Waals surface area contributed by atoms with Crippen molar-refractivity contribution >= 4 is 29.5 Å². The summed E-state index contributed by atoms with van der Waals surface area (Å²) in [6.07, 6.45) is 1.32. The molecule has 1 rings (SSSR count). The molecule has 0 bridgehead atoms. The summed E-state index contributed by atoms with van der Waals surface area (Å²) in [4.78, 5) is 33.1. The number of carbonyl (C=O) groups excluding carboxylic acids is 2. The van der Waals surface area contributed by atoms with Crippen LogP contribution in [0, 0.1) is 0 Å².